The van der Waals surface area contributed by atoms with E-state index in [0.717, 1.165) is 56.4 Å². The Kier molecular flexibility index (Phi) is 7.00. The molecule has 1 aliphatic carbocycles. The van der Waals surface area contributed by atoms with Crippen molar-refractivity contribution in [1.82, 2.24) is 4.90 Å². The highest BCUT2D eigenvalue weighted by Gasteiger charge is 2.53. The van der Waals surface area contributed by atoms with Gasteiger partial charge in [-0.15, -0.1) is 0 Å². The molecule has 3 aliphatic rings. The van der Waals surface area contributed by atoms with Crippen molar-refractivity contribution in [3.63, 3.8) is 0 Å². The first-order valence-electron chi connectivity index (χ1n) is 12.0. The molecule has 2 atom stereocenters. The number of likely N-dealkylation sites (tertiary alicyclic amines) is 1. The Balaban J connectivity index is 1.51. The van der Waals surface area contributed by atoms with Crippen LogP contribution in [0.25, 0.3) is 0 Å². The maximum absolute atomic E-state index is 12.2. The van der Waals surface area contributed by atoms with Crippen LogP contribution in [0.2, 0.25) is 5.02 Å². The van der Waals surface area contributed by atoms with Gasteiger partial charge in [0.1, 0.15) is 0 Å². The number of nitrogens with zero attached hydrogens (tertiary/aromatic N) is 1. The molecule has 0 aromatic heterocycles. The number of ether oxygens (including phenoxy) is 3. The molecule has 4 rings (SSSR count). The molecule has 2 heterocycles. The lowest BCUT2D eigenvalue weighted by Gasteiger charge is -2.42. The molecule has 7 nitrogen and oxygen atoms in total. The molecule has 184 valence electrons. The Morgan fingerprint density at radius 2 is 1.88 bits per heavy atom. The number of halogens is 1. The van der Waals surface area contributed by atoms with Crippen LogP contribution in [-0.4, -0.2) is 61.7 Å². The van der Waals surface area contributed by atoms with E-state index < -0.39 is 11.8 Å². The lowest BCUT2D eigenvalue weighted by molar-refractivity contribution is -0.148. The van der Waals surface area contributed by atoms with Gasteiger partial charge in [-0.1, -0.05) is 25.4 Å². The fourth-order valence-electron chi connectivity index (χ4n) is 6.50. The minimum atomic E-state index is -0.965. The van der Waals surface area contributed by atoms with Crippen LogP contribution in [0.4, 0.5) is 5.69 Å². The molecule has 2 aliphatic heterocycles. The van der Waals surface area contributed by atoms with Gasteiger partial charge in [0, 0.05) is 24.5 Å². The van der Waals surface area contributed by atoms with Crippen LogP contribution in [0.3, 0.4) is 0 Å². The fraction of sp³-hybridized carbons (Fsp3) is 0.720. The molecule has 1 aromatic rings. The number of rotatable bonds is 7. The third-order valence-electron chi connectivity index (χ3n) is 8.02. The van der Waals surface area contributed by atoms with Crippen LogP contribution < -0.4 is 5.73 Å². The van der Waals surface area contributed by atoms with E-state index in [1.54, 1.807) is 7.11 Å². The number of aromatic carboxylic acids is 1. The number of hydrogen-bond donors (Lipinski definition) is 2. The number of carboxylic acid groups (broad SMARTS) is 1. The summed E-state index contributed by atoms with van der Waals surface area (Å²) in [5, 5.41) is 10.3. The molecule has 1 aromatic carbocycles. The summed E-state index contributed by atoms with van der Waals surface area (Å²) in [7, 11) is 1.67. The minimum absolute atomic E-state index is 0.0458. The zero-order valence-electron chi connectivity index (χ0n) is 20.2. The van der Waals surface area contributed by atoms with Gasteiger partial charge in [0.2, 0.25) is 0 Å². The number of hydrogen-bond acceptors (Lipinski definition) is 6. The first-order valence-corrected chi connectivity index (χ1v) is 12.3. The van der Waals surface area contributed by atoms with E-state index in [-0.39, 0.29) is 28.0 Å². The molecular weight excluding hydrogens is 444 g/mol. The molecule has 0 amide bonds. The molecule has 0 radical (unpaired) electrons. The van der Waals surface area contributed by atoms with Crippen molar-refractivity contribution in [1.29, 1.82) is 0 Å². The van der Waals surface area contributed by atoms with Gasteiger partial charge in [-0.25, -0.2) is 4.79 Å². The molecule has 0 bridgehead atoms. The number of nitrogen functional groups attached to an aromatic ring is 1. The third kappa shape index (κ3) is 4.50. The number of piperidine rings is 1. The molecule has 0 saturated carbocycles. The predicted molar refractivity (Wildman–Crippen MR) is 128 cm³/mol. The standard InChI is InChI=1S/C25H37ClN2O5/c1-24(2)20(18-16(23(29)30)14-17(26)21(27)19(18)22(24)31-4)15-6-10-28(11-7-15)9-5-8-25(3)32-12-13-33-25/h14-15,20,22H,5-13,27H2,1-4H3,(H,29,30). The van der Waals surface area contributed by atoms with Crippen molar-refractivity contribution >= 4 is 23.3 Å². The van der Waals surface area contributed by atoms with E-state index in [9.17, 15) is 9.90 Å². The van der Waals surface area contributed by atoms with Crippen molar-refractivity contribution < 1.29 is 24.1 Å². The number of carboxylic acids is 1. The summed E-state index contributed by atoms with van der Waals surface area (Å²) in [6.45, 7) is 10.7. The number of fused-ring (bicyclic) bond motifs is 1. The van der Waals surface area contributed by atoms with E-state index in [4.69, 9.17) is 31.5 Å². The largest absolute Gasteiger partial charge is 0.478 e. The number of nitrogens with two attached hydrogens (primary N) is 1. The van der Waals surface area contributed by atoms with Crippen LogP contribution in [0.15, 0.2) is 6.07 Å². The summed E-state index contributed by atoms with van der Waals surface area (Å²) in [6, 6.07) is 1.52. The molecule has 2 saturated heterocycles. The third-order valence-corrected chi connectivity index (χ3v) is 8.34. The van der Waals surface area contributed by atoms with Crippen molar-refractivity contribution in [3.8, 4) is 0 Å². The van der Waals surface area contributed by atoms with E-state index in [1.807, 2.05) is 6.92 Å². The molecule has 33 heavy (non-hydrogen) atoms. The van der Waals surface area contributed by atoms with Crippen LogP contribution in [0, 0.1) is 11.3 Å². The number of benzene rings is 1. The van der Waals surface area contributed by atoms with Crippen molar-refractivity contribution in [2.24, 2.45) is 11.3 Å². The highest BCUT2D eigenvalue weighted by molar-refractivity contribution is 6.33. The second kappa shape index (κ2) is 9.34. The molecular formula is C25H37ClN2O5. The van der Waals surface area contributed by atoms with Gasteiger partial charge in [0.15, 0.2) is 5.79 Å². The maximum atomic E-state index is 12.2. The van der Waals surface area contributed by atoms with Gasteiger partial charge < -0.3 is 30.0 Å². The maximum Gasteiger partial charge on any atom is 0.336 e. The topological polar surface area (TPSA) is 94.2 Å². The second-order valence-corrected chi connectivity index (χ2v) is 10.9. The summed E-state index contributed by atoms with van der Waals surface area (Å²) >= 11 is 6.35. The Morgan fingerprint density at radius 1 is 1.24 bits per heavy atom. The highest BCUT2D eigenvalue weighted by atomic mass is 35.5. The summed E-state index contributed by atoms with van der Waals surface area (Å²) in [5.74, 6) is -0.996. The van der Waals surface area contributed by atoms with E-state index in [0.29, 0.717) is 24.8 Å². The lowest BCUT2D eigenvalue weighted by atomic mass is 9.68. The van der Waals surface area contributed by atoms with E-state index in [2.05, 4.69) is 18.7 Å². The SMILES string of the molecule is COC1c2c(N)c(Cl)cc(C(=O)O)c2C(C2CCN(CCCC3(C)OCCO3)CC2)C1(C)C. The van der Waals surface area contributed by atoms with Gasteiger partial charge in [-0.2, -0.15) is 0 Å². The van der Waals surface area contributed by atoms with Gasteiger partial charge >= 0.3 is 5.97 Å². The molecule has 0 spiro atoms. The van der Waals surface area contributed by atoms with Crippen molar-refractivity contribution in [2.75, 3.05) is 45.7 Å². The van der Waals surface area contributed by atoms with E-state index in [1.165, 1.54) is 6.07 Å². The molecule has 3 N–H and O–H groups in total. The normalized spacial score (nSPS) is 27.1. The number of anilines is 1. The first kappa shape index (κ1) is 24.7. The van der Waals surface area contributed by atoms with Gasteiger partial charge in [0.05, 0.1) is 35.6 Å². The van der Waals surface area contributed by atoms with Gasteiger partial charge in [-0.05, 0) is 69.3 Å². The molecule has 8 heteroatoms. The Labute approximate surface area is 201 Å². The lowest BCUT2D eigenvalue weighted by Crippen LogP contribution is -2.39. The summed E-state index contributed by atoms with van der Waals surface area (Å²) in [5.41, 5.74) is 8.39. The van der Waals surface area contributed by atoms with Gasteiger partial charge in [0.25, 0.3) is 0 Å². The Bertz CT molecular complexity index is 891. The zero-order chi connectivity index (χ0) is 24.0. The quantitative estimate of drug-likeness (QED) is 0.547. The molecule has 2 unspecified atom stereocenters. The van der Waals surface area contributed by atoms with Gasteiger partial charge in [-0.3, -0.25) is 0 Å². The summed E-state index contributed by atoms with van der Waals surface area (Å²) in [6.07, 6.45) is 3.65. The Hall–Kier alpha value is -1.38. The van der Waals surface area contributed by atoms with Crippen molar-refractivity contribution in [3.05, 3.63) is 27.8 Å². The van der Waals surface area contributed by atoms with Crippen LogP contribution in [-0.2, 0) is 14.2 Å². The number of methoxy groups -OCH3 is 1. The van der Waals surface area contributed by atoms with Crippen LogP contribution in [0.1, 0.15) is 80.0 Å². The predicted octanol–water partition coefficient (Wildman–Crippen LogP) is 4.69. The average molecular weight is 481 g/mol. The highest BCUT2D eigenvalue weighted by Crippen LogP contribution is 2.62. The van der Waals surface area contributed by atoms with Crippen molar-refractivity contribution in [2.45, 2.75) is 64.3 Å². The molecule has 2 fully saturated rings. The first-order chi connectivity index (χ1) is 15.6. The average Bonchev–Trinajstić information content (AvgIpc) is 3.29. The van der Waals surface area contributed by atoms with Crippen LogP contribution >= 0.6 is 11.6 Å². The minimum Gasteiger partial charge on any atom is -0.478 e. The fourth-order valence-corrected chi connectivity index (χ4v) is 6.71. The smallest absolute Gasteiger partial charge is 0.336 e. The monoisotopic (exact) mass is 480 g/mol. The summed E-state index contributed by atoms with van der Waals surface area (Å²) < 4.78 is 17.4. The van der Waals surface area contributed by atoms with E-state index >= 15 is 0 Å². The van der Waals surface area contributed by atoms with Crippen LogP contribution in [0.5, 0.6) is 0 Å². The second-order valence-electron chi connectivity index (χ2n) is 10.5. The number of carbonyl (C=O) groups is 1. The Morgan fingerprint density at radius 3 is 2.45 bits per heavy atom. The summed E-state index contributed by atoms with van der Waals surface area (Å²) in [4.78, 5) is 14.7. The zero-order valence-corrected chi connectivity index (χ0v) is 20.9.